The van der Waals surface area contributed by atoms with E-state index in [-0.39, 0.29) is 0 Å². The molecule has 0 radical (unpaired) electrons. The van der Waals surface area contributed by atoms with E-state index >= 15 is 0 Å². The van der Waals surface area contributed by atoms with Crippen LogP contribution in [0.3, 0.4) is 0 Å². The van der Waals surface area contributed by atoms with Crippen molar-refractivity contribution in [2.24, 2.45) is 5.41 Å². The van der Waals surface area contributed by atoms with Crippen LogP contribution in [0.2, 0.25) is 5.15 Å². The van der Waals surface area contributed by atoms with E-state index < -0.39 is 0 Å². The van der Waals surface area contributed by atoms with Gasteiger partial charge >= 0.3 is 0 Å². The number of nitrogens with one attached hydrogen (secondary N) is 1. The molecule has 0 amide bonds. The molecule has 4 heteroatoms. The number of aromatic nitrogens is 2. The number of anilines is 1. The summed E-state index contributed by atoms with van der Waals surface area (Å²) in [6.07, 6.45) is 2.57. The van der Waals surface area contributed by atoms with E-state index in [0.29, 0.717) is 10.6 Å². The van der Waals surface area contributed by atoms with Crippen molar-refractivity contribution in [2.75, 3.05) is 11.9 Å². The summed E-state index contributed by atoms with van der Waals surface area (Å²) in [7, 11) is 0. The zero-order valence-corrected chi connectivity index (χ0v) is 10.5. The molecule has 1 rings (SSSR count). The molecule has 3 nitrogen and oxygen atoms in total. The minimum atomic E-state index is 0.331. The Bertz CT molecular complexity index is 331. The van der Waals surface area contributed by atoms with Gasteiger partial charge in [0.2, 0.25) is 0 Å². The third-order valence-electron chi connectivity index (χ3n) is 2.19. The van der Waals surface area contributed by atoms with Gasteiger partial charge in [-0.2, -0.15) is 0 Å². The second kappa shape index (κ2) is 4.79. The van der Waals surface area contributed by atoms with E-state index in [0.717, 1.165) is 24.3 Å². The number of hydrogen-bond acceptors (Lipinski definition) is 3. The predicted molar refractivity (Wildman–Crippen MR) is 64.3 cm³/mol. The molecule has 0 atom stereocenters. The molecular formula is C11H18ClN3. The van der Waals surface area contributed by atoms with E-state index in [1.807, 2.05) is 6.92 Å². The summed E-state index contributed by atoms with van der Waals surface area (Å²) in [5.41, 5.74) is 1.24. The number of hydrogen-bond donors (Lipinski definition) is 1. The van der Waals surface area contributed by atoms with Crippen molar-refractivity contribution in [3.63, 3.8) is 0 Å². The van der Waals surface area contributed by atoms with Gasteiger partial charge in [-0.1, -0.05) is 32.4 Å². The van der Waals surface area contributed by atoms with Crippen LogP contribution in [0.5, 0.6) is 0 Å². The van der Waals surface area contributed by atoms with Crippen molar-refractivity contribution < 1.29 is 0 Å². The molecule has 0 aliphatic rings. The number of rotatable bonds is 3. The third-order valence-corrected chi connectivity index (χ3v) is 2.57. The first-order chi connectivity index (χ1) is 6.90. The van der Waals surface area contributed by atoms with Crippen molar-refractivity contribution in [1.82, 2.24) is 9.97 Å². The normalized spacial score (nSPS) is 11.5. The van der Waals surface area contributed by atoms with Crippen LogP contribution in [0.1, 0.15) is 32.8 Å². The van der Waals surface area contributed by atoms with Gasteiger partial charge in [-0.15, -0.1) is 0 Å². The Morgan fingerprint density at radius 1 is 1.33 bits per heavy atom. The SMILES string of the molecule is Cc1c(Cl)ncnc1NCCC(C)(C)C. The zero-order chi connectivity index (χ0) is 11.5. The molecule has 0 bridgehead atoms. The average Bonchev–Trinajstić information content (AvgIpc) is 2.10. The maximum Gasteiger partial charge on any atom is 0.137 e. The second-order valence-corrected chi connectivity index (χ2v) is 5.23. The van der Waals surface area contributed by atoms with Crippen LogP contribution < -0.4 is 5.32 Å². The molecule has 0 aromatic carbocycles. The van der Waals surface area contributed by atoms with Gasteiger partial charge in [0.25, 0.3) is 0 Å². The van der Waals surface area contributed by atoms with Crippen LogP contribution in [0.25, 0.3) is 0 Å². The van der Waals surface area contributed by atoms with Crippen LogP contribution in [0, 0.1) is 12.3 Å². The average molecular weight is 228 g/mol. The number of nitrogens with zero attached hydrogens (tertiary/aromatic N) is 2. The molecule has 0 unspecified atom stereocenters. The van der Waals surface area contributed by atoms with Crippen LogP contribution in [0.4, 0.5) is 5.82 Å². The van der Waals surface area contributed by atoms with Crippen molar-refractivity contribution >= 4 is 17.4 Å². The molecule has 84 valence electrons. The monoisotopic (exact) mass is 227 g/mol. The topological polar surface area (TPSA) is 37.8 Å². The molecule has 1 heterocycles. The minimum absolute atomic E-state index is 0.331. The molecule has 0 spiro atoms. The smallest absolute Gasteiger partial charge is 0.137 e. The van der Waals surface area contributed by atoms with E-state index in [2.05, 4.69) is 36.1 Å². The molecule has 1 aromatic rings. The standard InChI is InChI=1S/C11H18ClN3/c1-8-9(12)14-7-15-10(8)13-6-5-11(2,3)4/h7H,5-6H2,1-4H3,(H,13,14,15). The third kappa shape index (κ3) is 4.04. The summed E-state index contributed by atoms with van der Waals surface area (Å²) >= 11 is 5.89. The van der Waals surface area contributed by atoms with Gasteiger partial charge in [-0.25, -0.2) is 9.97 Å². The first kappa shape index (κ1) is 12.2. The Balaban J connectivity index is 2.55. The largest absolute Gasteiger partial charge is 0.370 e. The Kier molecular flexibility index (Phi) is 3.91. The molecule has 1 aromatic heterocycles. The lowest BCUT2D eigenvalue weighted by Crippen LogP contribution is -2.14. The first-order valence-electron chi connectivity index (χ1n) is 5.11. The van der Waals surface area contributed by atoms with Crippen molar-refractivity contribution in [1.29, 1.82) is 0 Å². The summed E-state index contributed by atoms with van der Waals surface area (Å²) in [6.45, 7) is 9.47. The summed E-state index contributed by atoms with van der Waals surface area (Å²) < 4.78 is 0. The van der Waals surface area contributed by atoms with Gasteiger partial charge in [0.05, 0.1) is 0 Å². The zero-order valence-electron chi connectivity index (χ0n) is 9.76. The highest BCUT2D eigenvalue weighted by atomic mass is 35.5. The molecule has 15 heavy (non-hydrogen) atoms. The highest BCUT2D eigenvalue weighted by molar-refractivity contribution is 6.30. The molecule has 0 aliphatic heterocycles. The summed E-state index contributed by atoms with van der Waals surface area (Å²) in [6, 6.07) is 0. The maximum atomic E-state index is 5.89. The Morgan fingerprint density at radius 3 is 2.60 bits per heavy atom. The highest BCUT2D eigenvalue weighted by Gasteiger charge is 2.10. The lowest BCUT2D eigenvalue weighted by atomic mass is 9.92. The van der Waals surface area contributed by atoms with Gasteiger partial charge in [-0.3, -0.25) is 0 Å². The highest BCUT2D eigenvalue weighted by Crippen LogP contribution is 2.20. The van der Waals surface area contributed by atoms with Gasteiger partial charge < -0.3 is 5.32 Å². The first-order valence-corrected chi connectivity index (χ1v) is 5.49. The van der Waals surface area contributed by atoms with E-state index in [9.17, 15) is 0 Å². The van der Waals surface area contributed by atoms with Crippen LogP contribution in [-0.4, -0.2) is 16.5 Å². The minimum Gasteiger partial charge on any atom is -0.370 e. The quantitative estimate of drug-likeness (QED) is 0.806. The van der Waals surface area contributed by atoms with Crippen LogP contribution >= 0.6 is 11.6 Å². The van der Waals surface area contributed by atoms with Crippen LogP contribution in [0.15, 0.2) is 6.33 Å². The van der Waals surface area contributed by atoms with Crippen LogP contribution in [-0.2, 0) is 0 Å². The Morgan fingerprint density at radius 2 is 2.00 bits per heavy atom. The Labute approximate surface area is 96.3 Å². The van der Waals surface area contributed by atoms with Gasteiger partial charge in [0.15, 0.2) is 0 Å². The fourth-order valence-electron chi connectivity index (χ4n) is 1.16. The predicted octanol–water partition coefficient (Wildman–Crippen LogP) is 3.29. The lowest BCUT2D eigenvalue weighted by Gasteiger charge is -2.18. The van der Waals surface area contributed by atoms with Gasteiger partial charge in [0, 0.05) is 12.1 Å². The van der Waals surface area contributed by atoms with Crippen molar-refractivity contribution in [2.45, 2.75) is 34.1 Å². The molecule has 1 N–H and O–H groups in total. The van der Waals surface area contributed by atoms with Gasteiger partial charge in [-0.05, 0) is 18.8 Å². The molecule has 0 saturated carbocycles. The van der Waals surface area contributed by atoms with E-state index in [1.54, 1.807) is 0 Å². The molecular weight excluding hydrogens is 210 g/mol. The van der Waals surface area contributed by atoms with E-state index in [1.165, 1.54) is 6.33 Å². The lowest BCUT2D eigenvalue weighted by molar-refractivity contribution is 0.389. The fraction of sp³-hybridized carbons (Fsp3) is 0.636. The molecule has 0 fully saturated rings. The van der Waals surface area contributed by atoms with Crippen molar-refractivity contribution in [3.05, 3.63) is 17.0 Å². The summed E-state index contributed by atoms with van der Waals surface area (Å²) in [5.74, 6) is 0.833. The Hall–Kier alpha value is -0.830. The molecule has 0 saturated heterocycles. The molecule has 0 aliphatic carbocycles. The summed E-state index contributed by atoms with van der Waals surface area (Å²) in [5, 5.41) is 3.79. The van der Waals surface area contributed by atoms with Crippen molar-refractivity contribution in [3.8, 4) is 0 Å². The second-order valence-electron chi connectivity index (χ2n) is 4.88. The summed E-state index contributed by atoms with van der Waals surface area (Å²) in [4.78, 5) is 8.06. The van der Waals surface area contributed by atoms with E-state index in [4.69, 9.17) is 11.6 Å². The number of halogens is 1. The maximum absolute atomic E-state index is 5.89. The fourth-order valence-corrected chi connectivity index (χ4v) is 1.30. The van der Waals surface area contributed by atoms with Gasteiger partial charge in [0.1, 0.15) is 17.3 Å².